The molecule has 0 unspecified atom stereocenters. The van der Waals surface area contributed by atoms with E-state index in [-0.39, 0.29) is 29.9 Å². The molecule has 3 heterocycles. The Labute approximate surface area is 203 Å². The van der Waals surface area contributed by atoms with Crippen molar-refractivity contribution in [2.45, 2.75) is 12.5 Å². The minimum atomic E-state index is -0.267. The van der Waals surface area contributed by atoms with Gasteiger partial charge in [-0.25, -0.2) is 0 Å². The Morgan fingerprint density at radius 3 is 2.34 bits per heavy atom. The molecule has 1 atom stereocenters. The van der Waals surface area contributed by atoms with Crippen molar-refractivity contribution in [2.24, 2.45) is 0 Å². The van der Waals surface area contributed by atoms with E-state index in [0.717, 1.165) is 12.0 Å². The molecule has 0 spiro atoms. The zero-order chi connectivity index (χ0) is 24.4. The summed E-state index contributed by atoms with van der Waals surface area (Å²) in [5.41, 5.74) is 2.91. The highest BCUT2D eigenvalue weighted by molar-refractivity contribution is 5.68. The van der Waals surface area contributed by atoms with Crippen molar-refractivity contribution in [3.63, 3.8) is 0 Å². The summed E-state index contributed by atoms with van der Waals surface area (Å²) in [5, 5.41) is 20.7. The molecule has 1 fully saturated rings. The number of anilines is 2. The molecule has 35 heavy (non-hydrogen) atoms. The van der Waals surface area contributed by atoms with Gasteiger partial charge in [0.05, 0.1) is 40.1 Å². The number of aliphatic hydroxyl groups excluding tert-OH is 1. The second-order valence-electron chi connectivity index (χ2n) is 8.43. The van der Waals surface area contributed by atoms with Crippen molar-refractivity contribution in [1.82, 2.24) is 15.0 Å². The van der Waals surface area contributed by atoms with Crippen molar-refractivity contribution in [3.8, 4) is 28.6 Å². The van der Waals surface area contributed by atoms with Crippen LogP contribution in [0.5, 0.6) is 17.2 Å². The van der Waals surface area contributed by atoms with Gasteiger partial charge in [-0.1, -0.05) is 24.3 Å². The topological polar surface area (TPSA) is 113 Å². The molecule has 1 aromatic heterocycles. The van der Waals surface area contributed by atoms with E-state index in [9.17, 15) is 10.2 Å². The van der Waals surface area contributed by atoms with Gasteiger partial charge in [0, 0.05) is 25.2 Å². The van der Waals surface area contributed by atoms with Crippen LogP contribution >= 0.6 is 0 Å². The zero-order valence-electron chi connectivity index (χ0n) is 19.8. The SMILES string of the molecule is COc1cc(-c2nc(N3CCOCC3)nc(N3CCc4ccccc4[C@H]3CO)n2)cc(OC)c1O. The maximum absolute atomic E-state index is 10.4. The third kappa shape index (κ3) is 4.42. The van der Waals surface area contributed by atoms with Gasteiger partial charge in [0.2, 0.25) is 17.6 Å². The number of aliphatic hydroxyl groups is 1. The highest BCUT2D eigenvalue weighted by atomic mass is 16.5. The number of hydrogen-bond donors (Lipinski definition) is 2. The smallest absolute Gasteiger partial charge is 0.231 e. The molecule has 10 heteroatoms. The maximum atomic E-state index is 10.4. The van der Waals surface area contributed by atoms with Gasteiger partial charge in [0.1, 0.15) is 0 Å². The highest BCUT2D eigenvalue weighted by Crippen LogP contribution is 2.40. The number of ether oxygens (including phenoxy) is 3. The van der Waals surface area contributed by atoms with Gasteiger partial charge < -0.3 is 34.2 Å². The van der Waals surface area contributed by atoms with Gasteiger partial charge in [-0.3, -0.25) is 0 Å². The number of aromatic nitrogens is 3. The minimum absolute atomic E-state index is 0.0637. The quantitative estimate of drug-likeness (QED) is 0.545. The standard InChI is InChI=1S/C25H29N5O5/c1-33-20-13-17(14-21(34-2)22(20)32)23-26-24(29-9-11-35-12-10-29)28-25(27-23)30-8-7-16-5-3-4-6-18(16)19(30)15-31/h3-6,13-14,19,31-32H,7-12,15H2,1-2H3/t19-/m1/s1. The van der Waals surface area contributed by atoms with Crippen LogP contribution in [0.3, 0.4) is 0 Å². The number of hydrogen-bond acceptors (Lipinski definition) is 10. The fourth-order valence-corrected chi connectivity index (χ4v) is 4.63. The van der Waals surface area contributed by atoms with Crippen LogP contribution in [-0.4, -0.2) is 78.8 Å². The molecule has 0 amide bonds. The summed E-state index contributed by atoms with van der Waals surface area (Å²) in [6.07, 6.45) is 0.821. The highest BCUT2D eigenvalue weighted by Gasteiger charge is 2.30. The molecule has 1 saturated heterocycles. The summed E-state index contributed by atoms with van der Waals surface area (Å²) >= 11 is 0. The number of phenolic OH excluding ortho intramolecular Hbond substituents is 1. The minimum Gasteiger partial charge on any atom is -0.502 e. The molecule has 2 N–H and O–H groups in total. The summed E-state index contributed by atoms with van der Waals surface area (Å²) < 4.78 is 16.2. The number of methoxy groups -OCH3 is 2. The van der Waals surface area contributed by atoms with Crippen molar-refractivity contribution in [1.29, 1.82) is 0 Å². The maximum Gasteiger partial charge on any atom is 0.231 e. The van der Waals surface area contributed by atoms with E-state index in [2.05, 4.69) is 11.0 Å². The van der Waals surface area contributed by atoms with Gasteiger partial charge >= 0.3 is 0 Å². The zero-order valence-corrected chi connectivity index (χ0v) is 19.8. The largest absolute Gasteiger partial charge is 0.502 e. The number of nitrogens with zero attached hydrogens (tertiary/aromatic N) is 5. The molecule has 2 aromatic carbocycles. The fraction of sp³-hybridized carbons (Fsp3) is 0.400. The molecule has 0 bridgehead atoms. The number of rotatable bonds is 6. The van der Waals surface area contributed by atoms with Crippen LogP contribution in [0.25, 0.3) is 11.4 Å². The third-order valence-electron chi connectivity index (χ3n) is 6.49. The summed E-state index contributed by atoms with van der Waals surface area (Å²) in [6.45, 7) is 3.11. The number of morpholine rings is 1. The van der Waals surface area contributed by atoms with Crippen LogP contribution in [0.15, 0.2) is 36.4 Å². The van der Waals surface area contributed by atoms with Gasteiger partial charge in [0.15, 0.2) is 17.3 Å². The Morgan fingerprint density at radius 2 is 1.66 bits per heavy atom. The van der Waals surface area contributed by atoms with Crippen LogP contribution in [-0.2, 0) is 11.2 Å². The van der Waals surface area contributed by atoms with Crippen molar-refractivity contribution in [3.05, 3.63) is 47.5 Å². The molecule has 0 saturated carbocycles. The van der Waals surface area contributed by atoms with Crippen LogP contribution in [0.1, 0.15) is 17.2 Å². The molecule has 10 nitrogen and oxygen atoms in total. The molecule has 5 rings (SSSR count). The van der Waals surface area contributed by atoms with E-state index in [0.29, 0.717) is 56.1 Å². The van der Waals surface area contributed by atoms with E-state index >= 15 is 0 Å². The normalized spacial score (nSPS) is 17.7. The van der Waals surface area contributed by atoms with Crippen LogP contribution < -0.4 is 19.3 Å². The summed E-state index contributed by atoms with van der Waals surface area (Å²) in [5.74, 6) is 1.87. The predicted molar refractivity (Wildman–Crippen MR) is 130 cm³/mol. The van der Waals surface area contributed by atoms with E-state index in [4.69, 9.17) is 29.2 Å². The Balaban J connectivity index is 1.63. The first-order valence-corrected chi connectivity index (χ1v) is 11.6. The van der Waals surface area contributed by atoms with Crippen LogP contribution in [0.4, 0.5) is 11.9 Å². The first-order valence-electron chi connectivity index (χ1n) is 11.6. The third-order valence-corrected chi connectivity index (χ3v) is 6.49. The van der Waals surface area contributed by atoms with Crippen molar-refractivity contribution < 1.29 is 24.4 Å². The van der Waals surface area contributed by atoms with Crippen LogP contribution in [0.2, 0.25) is 0 Å². The number of aromatic hydroxyl groups is 1. The van der Waals surface area contributed by atoms with E-state index < -0.39 is 0 Å². The second kappa shape index (κ2) is 9.93. The summed E-state index contributed by atoms with van der Waals surface area (Å²) in [6, 6.07) is 11.2. The fourth-order valence-electron chi connectivity index (χ4n) is 4.63. The molecule has 2 aliphatic rings. The second-order valence-corrected chi connectivity index (χ2v) is 8.43. The lowest BCUT2D eigenvalue weighted by molar-refractivity contribution is 0.122. The molecule has 3 aromatic rings. The van der Waals surface area contributed by atoms with Gasteiger partial charge in [-0.15, -0.1) is 0 Å². The Morgan fingerprint density at radius 1 is 0.971 bits per heavy atom. The monoisotopic (exact) mass is 479 g/mol. The van der Waals surface area contributed by atoms with E-state index in [1.54, 1.807) is 12.1 Å². The molecule has 2 aliphatic heterocycles. The lowest BCUT2D eigenvalue weighted by atomic mass is 9.93. The van der Waals surface area contributed by atoms with E-state index in [1.165, 1.54) is 19.8 Å². The molecular weight excluding hydrogens is 450 g/mol. The molecule has 0 radical (unpaired) electrons. The molecular formula is C25H29N5O5. The number of benzene rings is 2. The van der Waals surface area contributed by atoms with Gasteiger partial charge in [-0.2, -0.15) is 15.0 Å². The van der Waals surface area contributed by atoms with Crippen molar-refractivity contribution >= 4 is 11.9 Å². The first kappa shape index (κ1) is 23.1. The Kier molecular flexibility index (Phi) is 6.56. The number of fused-ring (bicyclic) bond motifs is 1. The average Bonchev–Trinajstić information content (AvgIpc) is 2.92. The average molecular weight is 480 g/mol. The Bertz CT molecular complexity index is 1180. The predicted octanol–water partition coefficient (Wildman–Crippen LogP) is 2.19. The first-order chi connectivity index (χ1) is 17.1. The Hall–Kier alpha value is -3.63. The van der Waals surface area contributed by atoms with Gasteiger partial charge in [0.25, 0.3) is 0 Å². The molecule has 0 aliphatic carbocycles. The molecule has 184 valence electrons. The number of phenols is 1. The van der Waals surface area contributed by atoms with Crippen LogP contribution in [0, 0.1) is 0 Å². The van der Waals surface area contributed by atoms with Crippen molar-refractivity contribution in [2.75, 3.05) is 63.5 Å². The summed E-state index contributed by atoms with van der Waals surface area (Å²) in [4.78, 5) is 18.5. The summed E-state index contributed by atoms with van der Waals surface area (Å²) in [7, 11) is 2.96. The van der Waals surface area contributed by atoms with E-state index in [1.807, 2.05) is 23.1 Å². The lowest BCUT2D eigenvalue weighted by Crippen LogP contribution is -2.40. The lowest BCUT2D eigenvalue weighted by Gasteiger charge is -2.37. The van der Waals surface area contributed by atoms with Gasteiger partial charge in [-0.05, 0) is 29.7 Å².